The molecule has 0 saturated heterocycles. The fourth-order valence-corrected chi connectivity index (χ4v) is 10.7. The van der Waals surface area contributed by atoms with Crippen LogP contribution in [-0.4, -0.2) is 28.7 Å². The average Bonchev–Trinajstić information content (AvgIpc) is 4.07. The standard InChI is InChI=1S/C63H40N6/c1-3-19-41(20-4-1)53-40-44(37-38-59(53)68-56-34-14-9-27-49(56)50-28-10-15-35-57(50)68)62-64-61(42-21-5-2-6-22-42)65-63(66-62)69-58-36-16-11-29-51(58)52-31-18-30-46(60(52)69)43-23-17-24-45(39-43)67-54-32-12-7-25-47(54)48-26-8-13-33-55(48)67/h1-40H. The van der Waals surface area contributed by atoms with E-state index in [0.717, 1.165) is 77.6 Å². The first-order valence-corrected chi connectivity index (χ1v) is 23.4. The zero-order chi connectivity index (χ0) is 45.4. The molecular weight excluding hydrogens is 841 g/mol. The molecule has 4 aromatic heterocycles. The molecule has 0 amide bonds. The van der Waals surface area contributed by atoms with E-state index >= 15 is 0 Å². The van der Waals surface area contributed by atoms with Crippen molar-refractivity contribution in [3.05, 3.63) is 243 Å². The molecular formula is C63H40N6. The van der Waals surface area contributed by atoms with Gasteiger partial charge in [0.25, 0.3) is 0 Å². The summed E-state index contributed by atoms with van der Waals surface area (Å²) in [5.41, 5.74) is 15.0. The Balaban J connectivity index is 1.01. The maximum absolute atomic E-state index is 5.49. The van der Waals surface area contributed by atoms with Gasteiger partial charge in [0.15, 0.2) is 11.6 Å². The second-order valence-corrected chi connectivity index (χ2v) is 17.6. The van der Waals surface area contributed by atoms with E-state index in [1.807, 2.05) is 18.2 Å². The maximum atomic E-state index is 5.49. The minimum atomic E-state index is 0.545. The highest BCUT2D eigenvalue weighted by atomic mass is 15.2. The number of benzene rings is 10. The largest absolute Gasteiger partial charge is 0.309 e. The van der Waals surface area contributed by atoms with Gasteiger partial charge in [0.1, 0.15) is 0 Å². The zero-order valence-corrected chi connectivity index (χ0v) is 37.3. The molecule has 0 bridgehead atoms. The van der Waals surface area contributed by atoms with Crippen LogP contribution in [0.15, 0.2) is 243 Å². The lowest BCUT2D eigenvalue weighted by Gasteiger charge is -2.17. The van der Waals surface area contributed by atoms with Crippen molar-refractivity contribution in [2.75, 3.05) is 0 Å². The predicted molar refractivity (Wildman–Crippen MR) is 285 cm³/mol. The zero-order valence-electron chi connectivity index (χ0n) is 37.3. The number of nitrogens with zero attached hydrogens (tertiary/aromatic N) is 6. The molecule has 0 unspecified atom stereocenters. The monoisotopic (exact) mass is 880 g/mol. The van der Waals surface area contributed by atoms with Gasteiger partial charge in [-0.25, -0.2) is 4.98 Å². The highest BCUT2D eigenvalue weighted by Crippen LogP contribution is 2.41. The van der Waals surface area contributed by atoms with Crippen molar-refractivity contribution in [1.82, 2.24) is 28.7 Å². The van der Waals surface area contributed by atoms with Gasteiger partial charge in [0, 0.05) is 60.3 Å². The Bertz CT molecular complexity index is 4210. The van der Waals surface area contributed by atoms with E-state index in [9.17, 15) is 0 Å². The van der Waals surface area contributed by atoms with Crippen molar-refractivity contribution < 1.29 is 0 Å². The summed E-state index contributed by atoms with van der Waals surface area (Å²) in [7, 11) is 0. The van der Waals surface area contributed by atoms with E-state index in [4.69, 9.17) is 15.0 Å². The van der Waals surface area contributed by atoms with Gasteiger partial charge >= 0.3 is 0 Å². The predicted octanol–water partition coefficient (Wildman–Crippen LogP) is 15.8. The van der Waals surface area contributed by atoms with Gasteiger partial charge in [-0.05, 0) is 71.8 Å². The van der Waals surface area contributed by atoms with Crippen LogP contribution in [0.3, 0.4) is 0 Å². The van der Waals surface area contributed by atoms with Crippen molar-refractivity contribution in [3.63, 3.8) is 0 Å². The van der Waals surface area contributed by atoms with Crippen molar-refractivity contribution in [2.24, 2.45) is 0 Å². The molecule has 69 heavy (non-hydrogen) atoms. The van der Waals surface area contributed by atoms with Gasteiger partial charge < -0.3 is 9.13 Å². The molecule has 0 saturated carbocycles. The molecule has 6 heteroatoms. The number of para-hydroxylation sites is 6. The number of rotatable bonds is 7. The summed E-state index contributed by atoms with van der Waals surface area (Å²) in [6, 6.07) is 86.3. The van der Waals surface area contributed by atoms with Crippen molar-refractivity contribution in [1.29, 1.82) is 0 Å². The van der Waals surface area contributed by atoms with Crippen LogP contribution < -0.4 is 0 Å². The third kappa shape index (κ3) is 6.16. The van der Waals surface area contributed by atoms with Gasteiger partial charge in [-0.2, -0.15) is 9.97 Å². The van der Waals surface area contributed by atoms with Gasteiger partial charge in [-0.15, -0.1) is 0 Å². The van der Waals surface area contributed by atoms with E-state index in [0.29, 0.717) is 17.6 Å². The second kappa shape index (κ2) is 15.6. The van der Waals surface area contributed by atoms with E-state index < -0.39 is 0 Å². The average molecular weight is 881 g/mol. The SMILES string of the molecule is c1ccc(-c2nc(-c3ccc(-n4c5ccccc5c5ccccc54)c(-c4ccccc4)c3)nc(-n3c4ccccc4c4cccc(-c5cccc(-n6c7ccccc7c7ccccc76)c5)c43)n2)cc1. The first kappa shape index (κ1) is 38.8. The summed E-state index contributed by atoms with van der Waals surface area (Å²) < 4.78 is 7.01. The topological polar surface area (TPSA) is 53.5 Å². The summed E-state index contributed by atoms with van der Waals surface area (Å²) in [5.74, 6) is 1.73. The van der Waals surface area contributed by atoms with Crippen LogP contribution in [-0.2, 0) is 0 Å². The molecule has 14 rings (SSSR count). The van der Waals surface area contributed by atoms with Gasteiger partial charge in [0.05, 0.1) is 38.8 Å². The molecule has 0 atom stereocenters. The molecule has 4 heterocycles. The van der Waals surface area contributed by atoms with E-state index in [1.54, 1.807) is 0 Å². The van der Waals surface area contributed by atoms with Gasteiger partial charge in [-0.1, -0.05) is 182 Å². The molecule has 0 aliphatic rings. The van der Waals surface area contributed by atoms with Crippen LogP contribution in [0.25, 0.3) is 128 Å². The lowest BCUT2D eigenvalue weighted by molar-refractivity contribution is 0.953. The molecule has 0 aliphatic heterocycles. The Hall–Kier alpha value is -9.39. The molecule has 0 N–H and O–H groups in total. The summed E-state index contributed by atoms with van der Waals surface area (Å²) >= 11 is 0. The third-order valence-corrected chi connectivity index (χ3v) is 13.7. The summed E-state index contributed by atoms with van der Waals surface area (Å²) in [6.07, 6.45) is 0. The highest BCUT2D eigenvalue weighted by molar-refractivity contribution is 6.14. The van der Waals surface area contributed by atoms with Crippen LogP contribution in [0, 0.1) is 0 Å². The minimum Gasteiger partial charge on any atom is -0.309 e. The summed E-state index contributed by atoms with van der Waals surface area (Å²) in [6.45, 7) is 0. The number of hydrogen-bond donors (Lipinski definition) is 0. The lowest BCUT2D eigenvalue weighted by Crippen LogP contribution is -2.07. The number of fused-ring (bicyclic) bond motifs is 9. The quantitative estimate of drug-likeness (QED) is 0.160. The second-order valence-electron chi connectivity index (χ2n) is 17.6. The fraction of sp³-hybridized carbons (Fsp3) is 0. The van der Waals surface area contributed by atoms with Gasteiger partial charge in [-0.3, -0.25) is 4.57 Å². The lowest BCUT2D eigenvalue weighted by atomic mass is 10.00. The Labute approximate surface area is 397 Å². The first-order chi connectivity index (χ1) is 34.2. The maximum Gasteiger partial charge on any atom is 0.238 e. The fourth-order valence-electron chi connectivity index (χ4n) is 10.7. The van der Waals surface area contributed by atoms with Crippen molar-refractivity contribution in [2.45, 2.75) is 0 Å². The summed E-state index contributed by atoms with van der Waals surface area (Å²) in [5, 5.41) is 7.15. The molecule has 6 nitrogen and oxygen atoms in total. The Kier molecular flexibility index (Phi) is 8.79. The smallest absolute Gasteiger partial charge is 0.238 e. The van der Waals surface area contributed by atoms with E-state index in [-0.39, 0.29) is 0 Å². The van der Waals surface area contributed by atoms with Crippen LogP contribution in [0.2, 0.25) is 0 Å². The molecule has 10 aromatic carbocycles. The van der Waals surface area contributed by atoms with Crippen LogP contribution in [0.4, 0.5) is 0 Å². The first-order valence-electron chi connectivity index (χ1n) is 23.4. The van der Waals surface area contributed by atoms with Crippen molar-refractivity contribution in [3.8, 4) is 62.4 Å². The Morgan fingerprint density at radius 1 is 0.261 bits per heavy atom. The normalized spacial score (nSPS) is 11.8. The van der Waals surface area contributed by atoms with Crippen molar-refractivity contribution >= 4 is 65.4 Å². The van der Waals surface area contributed by atoms with E-state index in [2.05, 4.69) is 238 Å². The number of hydrogen-bond acceptors (Lipinski definition) is 3. The molecule has 14 aromatic rings. The molecule has 0 radical (unpaired) electrons. The van der Waals surface area contributed by atoms with E-state index in [1.165, 1.54) is 32.6 Å². The molecule has 0 spiro atoms. The molecule has 0 aliphatic carbocycles. The molecule has 0 fully saturated rings. The number of aromatic nitrogens is 6. The highest BCUT2D eigenvalue weighted by Gasteiger charge is 2.23. The Morgan fingerprint density at radius 2 is 0.710 bits per heavy atom. The third-order valence-electron chi connectivity index (χ3n) is 13.7. The summed E-state index contributed by atoms with van der Waals surface area (Å²) in [4.78, 5) is 16.2. The van der Waals surface area contributed by atoms with Crippen LogP contribution in [0.5, 0.6) is 0 Å². The van der Waals surface area contributed by atoms with Gasteiger partial charge in [0.2, 0.25) is 5.95 Å². The van der Waals surface area contributed by atoms with Crippen LogP contribution in [0.1, 0.15) is 0 Å². The minimum absolute atomic E-state index is 0.545. The van der Waals surface area contributed by atoms with Crippen LogP contribution >= 0.6 is 0 Å². The molecule has 322 valence electrons. The Morgan fingerprint density at radius 3 is 1.30 bits per heavy atom.